The number of benzene rings is 1. The standard InChI is InChI=1S/C21H30O5.H2OP/c1-4-5-8-14-26-21(23)18(15-10-6-7-11-15)20(22)19-16(24-2)12-9-13-17(19)25-3;1-2/h9,12-13,15,18H,4-8,10-11,14H2,1-3H3;2H2/q;+1. The molecule has 7 heteroatoms. The van der Waals surface area contributed by atoms with E-state index in [-0.39, 0.29) is 11.7 Å². The molecule has 2 rings (SSSR count). The number of hydrogen-bond donors (Lipinski definition) is 0. The Kier molecular flexibility index (Phi) is 11.4. The van der Waals surface area contributed by atoms with Crippen molar-refractivity contribution in [2.45, 2.75) is 51.9 Å². The number of carbonyl (C=O) groups is 2. The zero-order chi connectivity index (χ0) is 20.9. The third-order valence-corrected chi connectivity index (χ3v) is 5.07. The molecule has 1 saturated carbocycles. The second kappa shape index (κ2) is 13.3. The molecule has 2 unspecified atom stereocenters. The lowest BCUT2D eigenvalue weighted by atomic mass is 9.84. The smallest absolute Gasteiger partial charge is 0.317 e. The van der Waals surface area contributed by atoms with Crippen LogP contribution in [0.15, 0.2) is 18.2 Å². The molecule has 1 aromatic rings. The van der Waals surface area contributed by atoms with Gasteiger partial charge in [0.25, 0.3) is 0 Å². The first-order valence-corrected chi connectivity index (χ1v) is 10.3. The van der Waals surface area contributed by atoms with Crippen LogP contribution in [0.3, 0.4) is 0 Å². The number of unbranched alkanes of at least 4 members (excludes halogenated alkanes) is 2. The maximum Gasteiger partial charge on any atom is 0.317 e. The third kappa shape index (κ3) is 6.30. The van der Waals surface area contributed by atoms with Crippen LogP contribution in [0, 0.1) is 11.8 Å². The largest absolute Gasteiger partial charge is 0.496 e. The van der Waals surface area contributed by atoms with Crippen molar-refractivity contribution < 1.29 is 28.4 Å². The summed E-state index contributed by atoms with van der Waals surface area (Å²) >= 11 is 0. The van der Waals surface area contributed by atoms with Crippen molar-refractivity contribution in [3.05, 3.63) is 23.8 Å². The first-order chi connectivity index (χ1) is 13.6. The minimum absolute atomic E-state index is 0.0239. The number of hydrogen-bond acceptors (Lipinski definition) is 6. The number of ketones is 1. The Morgan fingerprint density at radius 3 is 2.14 bits per heavy atom. The fourth-order valence-corrected chi connectivity index (χ4v) is 3.67. The van der Waals surface area contributed by atoms with E-state index in [0.717, 1.165) is 44.9 Å². The molecule has 0 saturated heterocycles. The Hall–Kier alpha value is -1.94. The van der Waals surface area contributed by atoms with Crippen molar-refractivity contribution in [2.75, 3.05) is 20.8 Å². The normalized spacial score (nSPS) is 14.5. The SMILES string of the molecule is CCCCCOC(=O)C(C(=O)c1c(OC)cccc1OC)C1CCCC1.O=[PH2+]. The van der Waals surface area contributed by atoms with Gasteiger partial charge in [-0.25, -0.2) is 0 Å². The van der Waals surface area contributed by atoms with Crippen LogP contribution in [-0.4, -0.2) is 32.6 Å². The number of Topliss-reactive ketones (excluding diaryl/α,β-unsaturated/α-hetero) is 1. The van der Waals surface area contributed by atoms with Gasteiger partial charge in [-0.15, -0.1) is 0 Å². The second-order valence-electron chi connectivity index (χ2n) is 6.80. The molecule has 0 heterocycles. The van der Waals surface area contributed by atoms with Crippen LogP contribution < -0.4 is 9.47 Å². The summed E-state index contributed by atoms with van der Waals surface area (Å²) in [5.74, 6) is -0.579. The maximum atomic E-state index is 13.4. The molecule has 0 spiro atoms. The summed E-state index contributed by atoms with van der Waals surface area (Å²) < 4.78 is 24.4. The fraction of sp³-hybridized carbons (Fsp3) is 0.619. The Labute approximate surface area is 169 Å². The highest BCUT2D eigenvalue weighted by atomic mass is 31.0. The van der Waals surface area contributed by atoms with Crippen LogP contribution in [-0.2, 0) is 14.1 Å². The highest BCUT2D eigenvalue weighted by Crippen LogP contribution is 2.38. The van der Waals surface area contributed by atoms with E-state index in [4.69, 9.17) is 18.8 Å². The van der Waals surface area contributed by atoms with Gasteiger partial charge in [-0.3, -0.25) is 9.59 Å². The number of rotatable bonds is 10. The van der Waals surface area contributed by atoms with Crippen LogP contribution in [0.1, 0.15) is 62.2 Å². The van der Waals surface area contributed by atoms with E-state index < -0.39 is 11.9 Å². The Balaban J connectivity index is 0.00000190. The number of ether oxygens (including phenoxy) is 3. The summed E-state index contributed by atoms with van der Waals surface area (Å²) in [5.41, 5.74) is 0.333. The molecule has 2 atom stereocenters. The van der Waals surface area contributed by atoms with Crippen LogP contribution in [0.4, 0.5) is 0 Å². The molecular weight excluding hydrogens is 379 g/mol. The molecule has 1 aliphatic rings. The molecule has 1 aromatic carbocycles. The van der Waals surface area contributed by atoms with Gasteiger partial charge in [0.2, 0.25) is 0 Å². The Morgan fingerprint density at radius 1 is 1.07 bits per heavy atom. The van der Waals surface area contributed by atoms with E-state index in [9.17, 15) is 9.59 Å². The molecule has 156 valence electrons. The quantitative estimate of drug-likeness (QED) is 0.184. The summed E-state index contributed by atoms with van der Waals surface area (Å²) in [7, 11) is 4.19. The minimum Gasteiger partial charge on any atom is -0.496 e. The van der Waals surface area contributed by atoms with E-state index in [1.165, 1.54) is 23.3 Å². The number of carbonyl (C=O) groups excluding carboxylic acids is 2. The van der Waals surface area contributed by atoms with Gasteiger partial charge in [0.05, 0.1) is 20.8 Å². The molecule has 0 amide bonds. The number of esters is 1. The van der Waals surface area contributed by atoms with E-state index in [1.807, 2.05) is 0 Å². The van der Waals surface area contributed by atoms with Gasteiger partial charge in [0.15, 0.2) is 5.78 Å². The van der Waals surface area contributed by atoms with Crippen molar-refractivity contribution in [1.29, 1.82) is 0 Å². The molecule has 28 heavy (non-hydrogen) atoms. The monoisotopic (exact) mass is 411 g/mol. The van der Waals surface area contributed by atoms with Crippen molar-refractivity contribution in [3.8, 4) is 11.5 Å². The van der Waals surface area contributed by atoms with E-state index >= 15 is 0 Å². The van der Waals surface area contributed by atoms with Crippen molar-refractivity contribution in [2.24, 2.45) is 11.8 Å². The van der Waals surface area contributed by atoms with Gasteiger partial charge in [0.1, 0.15) is 23.0 Å². The summed E-state index contributed by atoms with van der Waals surface area (Å²) in [5, 5.41) is 0. The lowest BCUT2D eigenvalue weighted by Crippen LogP contribution is -2.33. The molecule has 1 fully saturated rings. The van der Waals surface area contributed by atoms with E-state index in [2.05, 4.69) is 6.92 Å². The maximum absolute atomic E-state index is 13.4. The molecule has 0 aliphatic heterocycles. The summed E-state index contributed by atoms with van der Waals surface area (Å²) in [6.07, 6.45) is 6.72. The average molecular weight is 411 g/mol. The highest BCUT2D eigenvalue weighted by Gasteiger charge is 2.40. The lowest BCUT2D eigenvalue weighted by Gasteiger charge is -2.22. The van der Waals surface area contributed by atoms with Crippen LogP contribution in [0.25, 0.3) is 0 Å². The minimum atomic E-state index is -0.788. The van der Waals surface area contributed by atoms with Crippen molar-refractivity contribution in [3.63, 3.8) is 0 Å². The van der Waals surface area contributed by atoms with Gasteiger partial charge in [-0.05, 0) is 37.3 Å². The van der Waals surface area contributed by atoms with Crippen LogP contribution >= 0.6 is 9.12 Å². The molecule has 1 aliphatic carbocycles. The average Bonchev–Trinajstić information content (AvgIpc) is 3.26. The number of methoxy groups -OCH3 is 2. The molecule has 6 nitrogen and oxygen atoms in total. The first-order valence-electron chi connectivity index (χ1n) is 9.79. The molecule has 0 bridgehead atoms. The first kappa shape index (κ1) is 24.1. The van der Waals surface area contributed by atoms with Gasteiger partial charge >= 0.3 is 15.1 Å². The second-order valence-corrected chi connectivity index (χ2v) is 6.80. The predicted octanol–water partition coefficient (Wildman–Crippen LogP) is 4.63. The molecular formula is C21H32O6P+. The zero-order valence-corrected chi connectivity index (χ0v) is 18.2. The Bertz CT molecular complexity index is 605. The van der Waals surface area contributed by atoms with Crippen LogP contribution in [0.5, 0.6) is 11.5 Å². The van der Waals surface area contributed by atoms with Gasteiger partial charge < -0.3 is 14.2 Å². The third-order valence-electron chi connectivity index (χ3n) is 5.07. The van der Waals surface area contributed by atoms with Crippen LogP contribution in [0.2, 0.25) is 0 Å². The van der Waals surface area contributed by atoms with Crippen molar-refractivity contribution in [1.82, 2.24) is 0 Å². The van der Waals surface area contributed by atoms with Crippen molar-refractivity contribution >= 4 is 20.9 Å². The summed E-state index contributed by atoms with van der Waals surface area (Å²) in [6, 6.07) is 5.20. The lowest BCUT2D eigenvalue weighted by molar-refractivity contribution is -0.148. The zero-order valence-electron chi connectivity index (χ0n) is 17.1. The fourth-order valence-electron chi connectivity index (χ4n) is 3.67. The Morgan fingerprint density at radius 2 is 1.64 bits per heavy atom. The summed E-state index contributed by atoms with van der Waals surface area (Å²) in [6.45, 7) is 2.47. The van der Waals surface area contributed by atoms with E-state index in [0.29, 0.717) is 23.7 Å². The highest BCUT2D eigenvalue weighted by molar-refractivity contribution is 7.00. The molecule has 0 aromatic heterocycles. The predicted molar refractivity (Wildman–Crippen MR) is 110 cm³/mol. The topological polar surface area (TPSA) is 78.9 Å². The van der Waals surface area contributed by atoms with Gasteiger partial charge in [-0.2, -0.15) is 0 Å². The van der Waals surface area contributed by atoms with E-state index in [1.54, 1.807) is 18.2 Å². The molecule has 0 N–H and O–H groups in total. The summed E-state index contributed by atoms with van der Waals surface area (Å²) in [4.78, 5) is 26.1. The van der Waals surface area contributed by atoms with Gasteiger partial charge in [0, 0.05) is 0 Å². The van der Waals surface area contributed by atoms with Gasteiger partial charge in [-0.1, -0.05) is 43.2 Å². The molecule has 0 radical (unpaired) electrons.